The summed E-state index contributed by atoms with van der Waals surface area (Å²) < 4.78 is 0. The van der Waals surface area contributed by atoms with Gasteiger partial charge in [0.15, 0.2) is 5.78 Å². The third kappa shape index (κ3) is 4.64. The Morgan fingerprint density at radius 1 is 0.852 bits per heavy atom. The molecule has 0 heterocycles. The maximum atomic E-state index is 12.7. The minimum atomic E-state index is -0.928. The molecule has 1 unspecified atom stereocenters. The van der Waals surface area contributed by atoms with Crippen molar-refractivity contribution in [2.75, 3.05) is 0 Å². The minimum Gasteiger partial charge on any atom is -0.383 e. The number of rotatable bonds is 5. The summed E-state index contributed by atoms with van der Waals surface area (Å²) in [6.45, 7) is 1.72. The normalized spacial score (nSPS) is 11.4. The molecule has 0 saturated carbocycles. The number of ketones is 1. The Bertz CT molecular complexity index is 984. The average molecular weight is 375 g/mol. The predicted octanol–water partition coefficient (Wildman–Crippen LogP) is 5.89. The first kappa shape index (κ1) is 18.9. The largest absolute Gasteiger partial charge is 0.383 e. The van der Waals surface area contributed by atoms with E-state index in [9.17, 15) is 9.90 Å². The van der Waals surface area contributed by atoms with Gasteiger partial charge in [-0.15, -0.1) is 5.73 Å². The molecular weight excluding hydrogens is 356 g/mol. The first-order valence-corrected chi connectivity index (χ1v) is 9.00. The Morgan fingerprint density at radius 3 is 1.93 bits per heavy atom. The maximum Gasteiger partial charge on any atom is 0.196 e. The number of hydrogen-bond donors (Lipinski definition) is 1. The van der Waals surface area contributed by atoms with Crippen LogP contribution in [0.5, 0.6) is 0 Å². The van der Waals surface area contributed by atoms with Crippen molar-refractivity contribution in [2.24, 2.45) is 0 Å². The zero-order valence-electron chi connectivity index (χ0n) is 14.9. The summed E-state index contributed by atoms with van der Waals surface area (Å²) in [7, 11) is 0. The van der Waals surface area contributed by atoms with Gasteiger partial charge in [0.1, 0.15) is 6.10 Å². The second kappa shape index (κ2) is 8.66. The van der Waals surface area contributed by atoms with Crippen LogP contribution in [0.1, 0.15) is 34.5 Å². The Kier molecular flexibility index (Phi) is 6.05. The monoisotopic (exact) mass is 374 g/mol. The Balaban J connectivity index is 2.10. The van der Waals surface area contributed by atoms with Gasteiger partial charge in [-0.05, 0) is 30.2 Å². The maximum absolute atomic E-state index is 12.7. The first-order valence-electron chi connectivity index (χ1n) is 8.62. The molecule has 0 aliphatic heterocycles. The fraction of sp³-hybridized carbons (Fsp3) is 0.0833. The fourth-order valence-electron chi connectivity index (χ4n) is 2.79. The number of hydrogen-bond acceptors (Lipinski definition) is 2. The molecule has 3 rings (SSSR count). The van der Waals surface area contributed by atoms with E-state index in [-0.39, 0.29) is 5.78 Å². The van der Waals surface area contributed by atoms with E-state index in [0.29, 0.717) is 27.3 Å². The summed E-state index contributed by atoms with van der Waals surface area (Å²) in [6, 6.07) is 25.5. The molecule has 0 aliphatic rings. The topological polar surface area (TPSA) is 37.3 Å². The van der Waals surface area contributed by atoms with Crippen molar-refractivity contribution in [1.82, 2.24) is 0 Å². The highest BCUT2D eigenvalue weighted by molar-refractivity contribution is 6.30. The Labute approximate surface area is 164 Å². The lowest BCUT2D eigenvalue weighted by atomic mass is 9.94. The quantitative estimate of drug-likeness (QED) is 0.343. The number of aliphatic hydroxyl groups excluding tert-OH is 1. The number of benzene rings is 3. The molecule has 0 saturated heterocycles. The van der Waals surface area contributed by atoms with E-state index in [4.69, 9.17) is 11.6 Å². The van der Waals surface area contributed by atoms with Crippen LogP contribution in [-0.4, -0.2) is 10.9 Å². The van der Waals surface area contributed by atoms with Gasteiger partial charge in [-0.2, -0.15) is 0 Å². The van der Waals surface area contributed by atoms with E-state index in [2.05, 4.69) is 5.73 Å². The van der Waals surface area contributed by atoms with Gasteiger partial charge in [-0.25, -0.2) is 0 Å². The molecule has 0 amide bonds. The SMILES string of the molecule is CC(=C=C(c1ccccc1)C(O)c1ccc(Cl)cc1)C(=O)c1ccccc1. The molecule has 2 nitrogen and oxygen atoms in total. The molecule has 0 spiro atoms. The van der Waals surface area contributed by atoms with Crippen LogP contribution in [0.2, 0.25) is 5.02 Å². The Morgan fingerprint density at radius 2 is 1.37 bits per heavy atom. The predicted molar refractivity (Wildman–Crippen MR) is 110 cm³/mol. The first-order chi connectivity index (χ1) is 13.1. The Hall–Kier alpha value is -2.90. The van der Waals surface area contributed by atoms with Gasteiger partial charge in [0.25, 0.3) is 0 Å². The molecule has 0 radical (unpaired) electrons. The van der Waals surface area contributed by atoms with Gasteiger partial charge < -0.3 is 5.11 Å². The van der Waals surface area contributed by atoms with E-state index >= 15 is 0 Å². The van der Waals surface area contributed by atoms with Crippen molar-refractivity contribution in [3.8, 4) is 0 Å². The number of carbonyl (C=O) groups is 1. The lowest BCUT2D eigenvalue weighted by Crippen LogP contribution is -2.03. The van der Waals surface area contributed by atoms with Crippen LogP contribution in [0, 0.1) is 0 Å². The fourth-order valence-corrected chi connectivity index (χ4v) is 2.92. The van der Waals surface area contributed by atoms with Gasteiger partial charge in [0.05, 0.1) is 0 Å². The molecule has 1 atom stereocenters. The van der Waals surface area contributed by atoms with Crippen molar-refractivity contribution in [2.45, 2.75) is 13.0 Å². The molecule has 0 bridgehead atoms. The lowest BCUT2D eigenvalue weighted by Gasteiger charge is -2.14. The second-order valence-corrected chi connectivity index (χ2v) is 6.62. The van der Waals surface area contributed by atoms with E-state index in [1.807, 2.05) is 48.5 Å². The van der Waals surface area contributed by atoms with Crippen LogP contribution in [0.4, 0.5) is 0 Å². The molecule has 3 aromatic rings. The van der Waals surface area contributed by atoms with Crippen molar-refractivity contribution in [3.05, 3.63) is 118 Å². The third-order valence-corrected chi connectivity index (χ3v) is 4.49. The summed E-state index contributed by atoms with van der Waals surface area (Å²) in [5, 5.41) is 11.6. The van der Waals surface area contributed by atoms with Crippen LogP contribution in [0.15, 0.2) is 96.2 Å². The summed E-state index contributed by atoms with van der Waals surface area (Å²) in [5.74, 6) is -0.118. The third-order valence-electron chi connectivity index (χ3n) is 4.24. The molecule has 3 heteroatoms. The van der Waals surface area contributed by atoms with Crippen molar-refractivity contribution < 1.29 is 9.90 Å². The molecule has 27 heavy (non-hydrogen) atoms. The van der Waals surface area contributed by atoms with Gasteiger partial charge in [0.2, 0.25) is 0 Å². The lowest BCUT2D eigenvalue weighted by molar-refractivity contribution is 0.103. The van der Waals surface area contributed by atoms with Crippen LogP contribution in [0.25, 0.3) is 5.57 Å². The number of carbonyl (C=O) groups excluding carboxylic acids is 1. The highest BCUT2D eigenvalue weighted by Gasteiger charge is 2.16. The van der Waals surface area contributed by atoms with E-state index in [0.717, 1.165) is 5.56 Å². The average Bonchev–Trinajstić information content (AvgIpc) is 2.72. The minimum absolute atomic E-state index is 0.118. The van der Waals surface area contributed by atoms with Gasteiger partial charge in [-0.3, -0.25) is 4.79 Å². The van der Waals surface area contributed by atoms with Gasteiger partial charge >= 0.3 is 0 Å². The molecule has 134 valence electrons. The molecule has 0 fully saturated rings. The number of Topliss-reactive ketones (excluding diaryl/α,β-unsaturated/α-hetero) is 1. The van der Waals surface area contributed by atoms with Crippen molar-refractivity contribution in [1.29, 1.82) is 0 Å². The molecule has 0 aromatic heterocycles. The molecule has 1 N–H and O–H groups in total. The zero-order chi connectivity index (χ0) is 19.2. The van der Waals surface area contributed by atoms with E-state index in [1.165, 1.54) is 0 Å². The molecule has 3 aromatic carbocycles. The second-order valence-electron chi connectivity index (χ2n) is 6.18. The zero-order valence-corrected chi connectivity index (χ0v) is 15.6. The summed E-state index contributed by atoms with van der Waals surface area (Å²) in [4.78, 5) is 12.7. The molecular formula is C24H19ClO2. The van der Waals surface area contributed by atoms with Crippen molar-refractivity contribution in [3.63, 3.8) is 0 Å². The van der Waals surface area contributed by atoms with Crippen LogP contribution in [0.3, 0.4) is 0 Å². The number of halogens is 1. The van der Waals surface area contributed by atoms with Crippen LogP contribution in [-0.2, 0) is 0 Å². The van der Waals surface area contributed by atoms with Gasteiger partial charge in [-0.1, -0.05) is 84.4 Å². The highest BCUT2D eigenvalue weighted by atomic mass is 35.5. The van der Waals surface area contributed by atoms with Crippen molar-refractivity contribution >= 4 is 23.0 Å². The highest BCUT2D eigenvalue weighted by Crippen LogP contribution is 2.30. The summed E-state index contributed by atoms with van der Waals surface area (Å²) in [5.41, 5.74) is 6.21. The van der Waals surface area contributed by atoms with E-state index < -0.39 is 6.10 Å². The summed E-state index contributed by atoms with van der Waals surface area (Å²) >= 11 is 5.95. The van der Waals surface area contributed by atoms with Gasteiger partial charge in [0, 0.05) is 21.7 Å². The molecule has 0 aliphatic carbocycles. The standard InChI is InChI=1S/C24H19ClO2/c1-17(23(26)19-10-6-3-7-11-19)16-22(18-8-4-2-5-9-18)24(27)20-12-14-21(25)15-13-20/h2-15,24,27H,1H3. The van der Waals surface area contributed by atoms with Crippen LogP contribution < -0.4 is 0 Å². The van der Waals surface area contributed by atoms with Crippen LogP contribution >= 0.6 is 11.6 Å². The van der Waals surface area contributed by atoms with E-state index in [1.54, 1.807) is 43.3 Å². The summed E-state index contributed by atoms with van der Waals surface area (Å²) in [6.07, 6.45) is -0.928. The smallest absolute Gasteiger partial charge is 0.196 e. The number of aliphatic hydroxyl groups is 1.